The van der Waals surface area contributed by atoms with Crippen LogP contribution in [-0.4, -0.2) is 26.9 Å². The first kappa shape index (κ1) is 24.6. The quantitative estimate of drug-likeness (QED) is 0.282. The summed E-state index contributed by atoms with van der Waals surface area (Å²) in [7, 11) is 0. The largest absolute Gasteiger partial charge is 0.478 e. The molecule has 6 rings (SSSR count). The molecule has 9 heteroatoms. The first-order valence-electron chi connectivity index (χ1n) is 13.1. The molecule has 4 aliphatic rings. The van der Waals surface area contributed by atoms with Gasteiger partial charge in [-0.3, -0.25) is 5.43 Å². The van der Waals surface area contributed by atoms with Crippen molar-refractivity contribution in [1.29, 1.82) is 0 Å². The number of allylic oxidation sites excluding steroid dienone is 2. The number of anilines is 2. The maximum absolute atomic E-state index is 11.2. The van der Waals surface area contributed by atoms with Gasteiger partial charge in [-0.05, 0) is 110 Å². The lowest BCUT2D eigenvalue weighted by molar-refractivity contribution is 0.0116. The van der Waals surface area contributed by atoms with Crippen molar-refractivity contribution in [1.82, 2.24) is 10.4 Å². The van der Waals surface area contributed by atoms with Crippen molar-refractivity contribution in [3.05, 3.63) is 46.5 Å². The van der Waals surface area contributed by atoms with Crippen molar-refractivity contribution >= 4 is 56.7 Å². The Labute approximate surface area is 226 Å². The molecule has 0 bridgehead atoms. The molecule has 2 fully saturated rings. The number of aromatic carboxylic acids is 1. The van der Waals surface area contributed by atoms with E-state index in [4.69, 9.17) is 28.0 Å². The summed E-state index contributed by atoms with van der Waals surface area (Å²) < 4.78 is 0. The molecule has 7 nitrogen and oxygen atoms in total. The number of benzene rings is 1. The highest BCUT2D eigenvalue weighted by Crippen LogP contribution is 2.65. The van der Waals surface area contributed by atoms with E-state index >= 15 is 0 Å². The van der Waals surface area contributed by atoms with Crippen LogP contribution in [0, 0.1) is 28.6 Å². The third kappa shape index (κ3) is 3.98. The van der Waals surface area contributed by atoms with E-state index in [0.29, 0.717) is 17.8 Å². The number of nitrogens with zero attached hydrogens (tertiary/aromatic N) is 2. The molecule has 37 heavy (non-hydrogen) atoms. The van der Waals surface area contributed by atoms with E-state index in [-0.39, 0.29) is 21.5 Å². The SMILES string of the molecule is C[C@]12CCc3nc(Nc4ccc(C(=O)O)cc4)sc3C1=CC[C@@H]1[C@@H]2CC[C@]2(C)/C(=N/NC(N)=S)CC[C@@H]12. The number of nitrogens with two attached hydrogens (primary N) is 1. The van der Waals surface area contributed by atoms with Gasteiger partial charge in [-0.1, -0.05) is 31.3 Å². The Morgan fingerprint density at radius 1 is 1.16 bits per heavy atom. The molecule has 5 N–H and O–H groups in total. The van der Waals surface area contributed by atoms with Gasteiger partial charge in [0.2, 0.25) is 0 Å². The molecule has 2 aromatic rings. The van der Waals surface area contributed by atoms with Crippen LogP contribution < -0.4 is 16.5 Å². The number of carboxylic acids is 1. The number of thiazole rings is 1. The molecule has 0 aliphatic heterocycles. The van der Waals surface area contributed by atoms with Crippen LogP contribution in [0.5, 0.6) is 0 Å². The van der Waals surface area contributed by atoms with E-state index in [0.717, 1.165) is 42.9 Å². The smallest absolute Gasteiger partial charge is 0.335 e. The molecule has 0 spiro atoms. The molecular formula is C28H33N5O2S2. The predicted octanol–water partition coefficient (Wildman–Crippen LogP) is 5.96. The normalized spacial score (nSPS) is 33.0. The molecular weight excluding hydrogens is 502 g/mol. The highest BCUT2D eigenvalue weighted by molar-refractivity contribution is 7.80. The number of nitrogens with one attached hydrogen (secondary N) is 2. The summed E-state index contributed by atoms with van der Waals surface area (Å²) in [4.78, 5) is 17.4. The summed E-state index contributed by atoms with van der Waals surface area (Å²) in [5.41, 5.74) is 13.9. The minimum Gasteiger partial charge on any atom is -0.478 e. The lowest BCUT2D eigenvalue weighted by Crippen LogP contribution is -2.49. The fourth-order valence-corrected chi connectivity index (χ4v) is 9.10. The van der Waals surface area contributed by atoms with E-state index in [1.807, 2.05) is 0 Å². The highest BCUT2D eigenvalue weighted by atomic mass is 32.1. The lowest BCUT2D eigenvalue weighted by Gasteiger charge is -2.56. The molecule has 1 heterocycles. The van der Waals surface area contributed by atoms with Gasteiger partial charge in [0.05, 0.1) is 16.1 Å². The number of thiocarbonyl (C=S) groups is 1. The maximum Gasteiger partial charge on any atom is 0.335 e. The number of hydrazone groups is 1. The third-order valence-electron chi connectivity index (χ3n) is 9.71. The number of aromatic nitrogens is 1. The van der Waals surface area contributed by atoms with Crippen LogP contribution >= 0.6 is 23.6 Å². The van der Waals surface area contributed by atoms with Crippen molar-refractivity contribution < 1.29 is 9.90 Å². The molecule has 5 atom stereocenters. The molecule has 2 saturated carbocycles. The Bertz CT molecular complexity index is 1330. The molecule has 0 unspecified atom stereocenters. The number of fused-ring (bicyclic) bond motifs is 7. The number of carbonyl (C=O) groups is 1. The monoisotopic (exact) mass is 535 g/mol. The molecule has 0 amide bonds. The zero-order valence-electron chi connectivity index (χ0n) is 21.2. The Balaban J connectivity index is 1.26. The van der Waals surface area contributed by atoms with Crippen LogP contribution in [0.3, 0.4) is 0 Å². The number of hydrogen-bond donors (Lipinski definition) is 4. The van der Waals surface area contributed by atoms with Gasteiger partial charge in [-0.15, -0.1) is 0 Å². The Hall–Kier alpha value is -2.78. The Kier molecular flexibility index (Phi) is 5.91. The van der Waals surface area contributed by atoms with Crippen LogP contribution in [0.15, 0.2) is 35.4 Å². The van der Waals surface area contributed by atoms with Gasteiger partial charge >= 0.3 is 5.97 Å². The van der Waals surface area contributed by atoms with Gasteiger partial charge in [0.25, 0.3) is 0 Å². The molecule has 4 aliphatic carbocycles. The van der Waals surface area contributed by atoms with Crippen molar-refractivity contribution in [2.24, 2.45) is 39.4 Å². The Morgan fingerprint density at radius 3 is 2.65 bits per heavy atom. The topological polar surface area (TPSA) is 113 Å². The minimum atomic E-state index is -0.918. The van der Waals surface area contributed by atoms with E-state index in [9.17, 15) is 4.79 Å². The van der Waals surface area contributed by atoms with E-state index in [1.165, 1.54) is 34.7 Å². The van der Waals surface area contributed by atoms with Gasteiger partial charge in [0.1, 0.15) is 0 Å². The molecule has 0 radical (unpaired) electrons. The average Bonchev–Trinajstić information content (AvgIpc) is 3.42. The van der Waals surface area contributed by atoms with Gasteiger partial charge in [0.15, 0.2) is 10.2 Å². The maximum atomic E-state index is 11.2. The van der Waals surface area contributed by atoms with Crippen molar-refractivity contribution in [2.45, 2.75) is 58.8 Å². The second-order valence-corrected chi connectivity index (χ2v) is 12.9. The summed E-state index contributed by atoms with van der Waals surface area (Å²) in [6.07, 6.45) is 10.4. The fraction of sp³-hybridized carbons (Fsp3) is 0.500. The van der Waals surface area contributed by atoms with Crippen LogP contribution in [0.2, 0.25) is 0 Å². The number of rotatable bonds is 4. The van der Waals surface area contributed by atoms with E-state index in [2.05, 4.69) is 35.8 Å². The molecule has 1 aromatic carbocycles. The van der Waals surface area contributed by atoms with Crippen molar-refractivity contribution in [3.8, 4) is 0 Å². The van der Waals surface area contributed by atoms with Crippen LogP contribution in [0.4, 0.5) is 10.8 Å². The number of hydrogen-bond acceptors (Lipinski definition) is 6. The standard InChI is InChI=1S/C28H33N5O2S2/c1-27-14-12-21-23(37-26(31-21)30-16-5-3-15(4-6-16)24(34)35)20(27)8-7-17-18-9-10-22(32-33-25(29)36)28(18,2)13-11-19(17)27/h3-6,8,17-19H,7,9-14H2,1-2H3,(H,30,31)(H,34,35)(H3,29,33,36)/b32-22+/t17-,18-,19-,27+,28-/m0/s1. The van der Waals surface area contributed by atoms with Gasteiger partial charge in [-0.25, -0.2) is 9.78 Å². The van der Waals surface area contributed by atoms with Crippen LogP contribution in [0.1, 0.15) is 73.3 Å². The summed E-state index contributed by atoms with van der Waals surface area (Å²) in [5.74, 6) is 1.06. The predicted molar refractivity (Wildman–Crippen MR) is 152 cm³/mol. The number of aryl methyl sites for hydroxylation is 1. The second kappa shape index (κ2) is 8.91. The highest BCUT2D eigenvalue weighted by Gasteiger charge is 2.58. The molecule has 0 saturated heterocycles. The average molecular weight is 536 g/mol. The van der Waals surface area contributed by atoms with Crippen LogP contribution in [0.25, 0.3) is 5.57 Å². The van der Waals surface area contributed by atoms with Crippen LogP contribution in [-0.2, 0) is 6.42 Å². The van der Waals surface area contributed by atoms with Gasteiger partial charge < -0.3 is 16.2 Å². The van der Waals surface area contributed by atoms with E-state index in [1.54, 1.807) is 35.6 Å². The summed E-state index contributed by atoms with van der Waals surface area (Å²) in [5, 5.41) is 18.3. The van der Waals surface area contributed by atoms with Gasteiger partial charge in [0, 0.05) is 16.8 Å². The van der Waals surface area contributed by atoms with Gasteiger partial charge in [-0.2, -0.15) is 5.10 Å². The zero-order chi connectivity index (χ0) is 25.9. The third-order valence-corrected chi connectivity index (χ3v) is 10.9. The second-order valence-electron chi connectivity index (χ2n) is 11.5. The summed E-state index contributed by atoms with van der Waals surface area (Å²) >= 11 is 6.73. The lowest BCUT2D eigenvalue weighted by atomic mass is 9.48. The van der Waals surface area contributed by atoms with Crippen molar-refractivity contribution in [3.63, 3.8) is 0 Å². The van der Waals surface area contributed by atoms with Crippen molar-refractivity contribution in [2.75, 3.05) is 5.32 Å². The fourth-order valence-electron chi connectivity index (χ4n) is 7.84. The Morgan fingerprint density at radius 2 is 1.92 bits per heavy atom. The molecule has 1 aromatic heterocycles. The number of carboxylic acid groups (broad SMARTS) is 1. The molecule has 194 valence electrons. The zero-order valence-corrected chi connectivity index (χ0v) is 22.8. The van der Waals surface area contributed by atoms with E-state index < -0.39 is 5.97 Å². The summed E-state index contributed by atoms with van der Waals surface area (Å²) in [6, 6.07) is 6.84. The minimum absolute atomic E-state index is 0.123. The summed E-state index contributed by atoms with van der Waals surface area (Å²) in [6.45, 7) is 4.91. The first-order chi connectivity index (χ1) is 17.7. The first-order valence-corrected chi connectivity index (χ1v) is 14.3.